The lowest BCUT2D eigenvalue weighted by Gasteiger charge is -2.19. The number of carbonyl (C=O) groups excluding carboxylic acids is 2. The third-order valence-corrected chi connectivity index (χ3v) is 2.58. The van der Waals surface area contributed by atoms with Gasteiger partial charge >= 0.3 is 5.97 Å². The van der Waals surface area contributed by atoms with E-state index in [0.717, 1.165) is 25.8 Å². The van der Waals surface area contributed by atoms with Crippen molar-refractivity contribution in [3.8, 4) is 0 Å². The number of hydrogen-bond donors (Lipinski definition) is 1. The Hall–Kier alpha value is -1.85. The van der Waals surface area contributed by atoms with Gasteiger partial charge in [0.2, 0.25) is 5.91 Å². The quantitative estimate of drug-likeness (QED) is 0.472. The highest BCUT2D eigenvalue weighted by molar-refractivity contribution is 5.81. The average Bonchev–Trinajstić information content (AvgIpc) is 2.56. The van der Waals surface area contributed by atoms with Crippen molar-refractivity contribution in [2.24, 2.45) is 0 Å². The van der Waals surface area contributed by atoms with E-state index in [4.69, 9.17) is 14.6 Å². The molecular formula is C13H21NO5. The Kier molecular flexibility index (Phi) is 10.2. The highest BCUT2D eigenvalue weighted by Crippen LogP contribution is 2.10. The molecule has 1 amide bonds. The number of esters is 1. The molecule has 1 rings (SSSR count). The Morgan fingerprint density at radius 2 is 2.11 bits per heavy atom. The topological polar surface area (TPSA) is 83.9 Å². The molecule has 19 heavy (non-hydrogen) atoms. The van der Waals surface area contributed by atoms with E-state index in [9.17, 15) is 9.59 Å². The van der Waals surface area contributed by atoms with Gasteiger partial charge in [0.15, 0.2) is 0 Å². The molecule has 1 saturated heterocycles. The largest absolute Gasteiger partial charge is 0.483 e. The molecule has 0 aliphatic carbocycles. The predicted octanol–water partition coefficient (Wildman–Crippen LogP) is 1.21. The van der Waals surface area contributed by atoms with Gasteiger partial charge in [0.25, 0.3) is 6.47 Å². The van der Waals surface area contributed by atoms with E-state index in [2.05, 4.69) is 0 Å². The second-order valence-corrected chi connectivity index (χ2v) is 3.96. The average molecular weight is 271 g/mol. The van der Waals surface area contributed by atoms with Crippen molar-refractivity contribution < 1.29 is 24.2 Å². The molecule has 1 heterocycles. The summed E-state index contributed by atoms with van der Waals surface area (Å²) in [6.07, 6.45) is 6.79. The lowest BCUT2D eigenvalue weighted by molar-refractivity contribution is -0.140. The molecule has 0 atom stereocenters. The highest BCUT2D eigenvalue weighted by Gasteiger charge is 2.16. The Balaban J connectivity index is 0.000000982. The molecule has 1 N–H and O–H groups in total. The minimum Gasteiger partial charge on any atom is -0.483 e. The number of carbonyl (C=O) groups is 3. The zero-order valence-corrected chi connectivity index (χ0v) is 11.2. The summed E-state index contributed by atoms with van der Waals surface area (Å²) in [5.41, 5.74) is 0. The van der Waals surface area contributed by atoms with Crippen molar-refractivity contribution in [1.82, 2.24) is 4.90 Å². The van der Waals surface area contributed by atoms with Crippen LogP contribution in [0.15, 0.2) is 12.2 Å². The van der Waals surface area contributed by atoms with Crippen molar-refractivity contribution in [1.29, 1.82) is 0 Å². The molecule has 0 unspecified atom stereocenters. The summed E-state index contributed by atoms with van der Waals surface area (Å²) in [6, 6.07) is 0. The molecule has 1 aliphatic heterocycles. The van der Waals surface area contributed by atoms with Crippen LogP contribution in [0.1, 0.15) is 32.6 Å². The minimum absolute atomic E-state index is 0.180. The normalized spacial score (nSPS) is 15.4. The molecule has 0 spiro atoms. The van der Waals surface area contributed by atoms with Gasteiger partial charge < -0.3 is 14.7 Å². The van der Waals surface area contributed by atoms with E-state index in [0.29, 0.717) is 13.0 Å². The van der Waals surface area contributed by atoms with Crippen LogP contribution < -0.4 is 0 Å². The summed E-state index contributed by atoms with van der Waals surface area (Å²) in [6.45, 7) is 3.11. The van der Waals surface area contributed by atoms with Gasteiger partial charge in [0.1, 0.15) is 6.61 Å². The second-order valence-electron chi connectivity index (χ2n) is 3.96. The molecule has 0 aromatic heterocycles. The third-order valence-electron chi connectivity index (χ3n) is 2.58. The first-order valence-electron chi connectivity index (χ1n) is 6.30. The third kappa shape index (κ3) is 8.82. The first-order valence-corrected chi connectivity index (χ1v) is 6.30. The summed E-state index contributed by atoms with van der Waals surface area (Å²) in [5.74, 6) is -0.163. The van der Waals surface area contributed by atoms with E-state index < -0.39 is 0 Å². The summed E-state index contributed by atoms with van der Waals surface area (Å²) < 4.78 is 4.95. The summed E-state index contributed by atoms with van der Waals surface area (Å²) >= 11 is 0. The number of allylic oxidation sites excluding steroid dienone is 1. The van der Waals surface area contributed by atoms with Gasteiger partial charge in [0.05, 0.1) is 6.54 Å². The molecule has 1 aliphatic rings. The molecule has 0 bridgehead atoms. The van der Waals surface area contributed by atoms with Crippen molar-refractivity contribution >= 4 is 18.3 Å². The van der Waals surface area contributed by atoms with E-state index in [1.807, 2.05) is 0 Å². The van der Waals surface area contributed by atoms with Gasteiger partial charge in [-0.15, -0.1) is 0 Å². The molecule has 1 fully saturated rings. The van der Waals surface area contributed by atoms with E-state index >= 15 is 0 Å². The fourth-order valence-corrected chi connectivity index (χ4v) is 1.72. The van der Waals surface area contributed by atoms with Crippen LogP contribution in [-0.2, 0) is 19.1 Å². The van der Waals surface area contributed by atoms with Crippen molar-refractivity contribution in [3.63, 3.8) is 0 Å². The second kappa shape index (κ2) is 11.3. The van der Waals surface area contributed by atoms with Crippen LogP contribution in [-0.4, -0.2) is 48.1 Å². The number of ether oxygens (including phenoxy) is 1. The summed E-state index contributed by atoms with van der Waals surface area (Å²) in [5, 5.41) is 6.89. The Morgan fingerprint density at radius 3 is 2.74 bits per heavy atom. The maximum atomic E-state index is 11.6. The molecule has 0 aromatic rings. The SMILES string of the molecule is C/C=C\C(=O)OCCN1CCCCCC1=O.O=CO. The van der Waals surface area contributed by atoms with Crippen LogP contribution in [0, 0.1) is 0 Å². The van der Waals surface area contributed by atoms with Crippen LogP contribution in [0.2, 0.25) is 0 Å². The molecule has 6 nitrogen and oxygen atoms in total. The van der Waals surface area contributed by atoms with Gasteiger partial charge in [0, 0.05) is 19.0 Å². The minimum atomic E-state index is -0.343. The van der Waals surface area contributed by atoms with Crippen LogP contribution in [0.3, 0.4) is 0 Å². The van der Waals surface area contributed by atoms with Crippen molar-refractivity contribution in [2.45, 2.75) is 32.6 Å². The van der Waals surface area contributed by atoms with E-state index in [-0.39, 0.29) is 25.0 Å². The van der Waals surface area contributed by atoms with Gasteiger partial charge in [-0.25, -0.2) is 4.79 Å². The van der Waals surface area contributed by atoms with Crippen LogP contribution in [0.4, 0.5) is 0 Å². The zero-order chi connectivity index (χ0) is 14.5. The predicted molar refractivity (Wildman–Crippen MR) is 69.5 cm³/mol. The first-order chi connectivity index (χ1) is 9.15. The zero-order valence-electron chi connectivity index (χ0n) is 11.2. The fraction of sp³-hybridized carbons (Fsp3) is 0.615. The Morgan fingerprint density at radius 1 is 1.42 bits per heavy atom. The standard InChI is InChI=1S/C12H19NO3.CH2O2/c1-2-6-12(15)16-10-9-13-8-5-3-4-7-11(13)14;2-1-3/h2,6H,3-5,7-10H2,1H3;1H,(H,2,3)/b6-2-;. The fourth-order valence-electron chi connectivity index (χ4n) is 1.72. The summed E-state index contributed by atoms with van der Waals surface area (Å²) in [4.78, 5) is 32.8. The Bertz CT molecular complexity index is 314. The number of amides is 1. The van der Waals surface area contributed by atoms with Gasteiger partial charge in [-0.2, -0.15) is 0 Å². The van der Waals surface area contributed by atoms with Crippen molar-refractivity contribution in [3.05, 3.63) is 12.2 Å². The van der Waals surface area contributed by atoms with Crippen LogP contribution >= 0.6 is 0 Å². The van der Waals surface area contributed by atoms with Gasteiger partial charge in [-0.1, -0.05) is 12.5 Å². The number of hydrogen-bond acceptors (Lipinski definition) is 4. The smallest absolute Gasteiger partial charge is 0.330 e. The number of likely N-dealkylation sites (tertiary alicyclic amines) is 1. The van der Waals surface area contributed by atoms with Crippen LogP contribution in [0.5, 0.6) is 0 Å². The van der Waals surface area contributed by atoms with Crippen molar-refractivity contribution in [2.75, 3.05) is 19.7 Å². The maximum Gasteiger partial charge on any atom is 0.330 e. The lowest BCUT2D eigenvalue weighted by atomic mass is 10.2. The number of nitrogens with zero attached hydrogens (tertiary/aromatic N) is 1. The molecule has 6 heteroatoms. The van der Waals surface area contributed by atoms with E-state index in [1.165, 1.54) is 6.08 Å². The molecule has 0 radical (unpaired) electrons. The molecule has 0 aromatic carbocycles. The van der Waals surface area contributed by atoms with Gasteiger partial charge in [-0.05, 0) is 19.8 Å². The van der Waals surface area contributed by atoms with E-state index in [1.54, 1.807) is 17.9 Å². The van der Waals surface area contributed by atoms with Crippen LogP contribution in [0.25, 0.3) is 0 Å². The molecule has 0 saturated carbocycles. The maximum absolute atomic E-state index is 11.6. The highest BCUT2D eigenvalue weighted by atomic mass is 16.5. The molecule has 108 valence electrons. The Labute approximate surface area is 113 Å². The number of rotatable bonds is 4. The molecular weight excluding hydrogens is 250 g/mol. The number of carboxylic acid groups (broad SMARTS) is 1. The lowest BCUT2D eigenvalue weighted by Crippen LogP contribution is -2.33. The van der Waals surface area contributed by atoms with Gasteiger partial charge in [-0.3, -0.25) is 9.59 Å². The monoisotopic (exact) mass is 271 g/mol. The summed E-state index contributed by atoms with van der Waals surface area (Å²) in [7, 11) is 0. The first kappa shape index (κ1) is 17.2.